The van der Waals surface area contributed by atoms with Gasteiger partial charge in [0, 0.05) is 32.9 Å². The number of amides is 3. The Morgan fingerprint density at radius 2 is 2.05 bits per heavy atom. The maximum absolute atomic E-state index is 12.4. The number of aliphatic imine (C=N–C) groups is 1. The van der Waals surface area contributed by atoms with Crippen molar-refractivity contribution in [1.82, 2.24) is 9.80 Å². The number of carbonyl (C=O) groups excluding carboxylic acids is 2. The average molecular weight is 293 g/mol. The number of methoxy groups -OCH3 is 1. The normalized spacial score (nSPS) is 24.2. The molecule has 0 saturated carbocycles. The van der Waals surface area contributed by atoms with Crippen LogP contribution >= 0.6 is 0 Å². The van der Waals surface area contributed by atoms with Crippen LogP contribution in [-0.4, -0.2) is 67.6 Å². The zero-order valence-electron chi connectivity index (χ0n) is 12.8. The van der Waals surface area contributed by atoms with Gasteiger partial charge in [-0.15, -0.1) is 0 Å². The molecule has 3 amide bonds. The third-order valence-corrected chi connectivity index (χ3v) is 3.69. The molecule has 2 heterocycles. The first-order chi connectivity index (χ1) is 9.99. The van der Waals surface area contributed by atoms with Crippen molar-refractivity contribution in [3.63, 3.8) is 0 Å². The summed E-state index contributed by atoms with van der Waals surface area (Å²) in [4.78, 5) is 34.6. The Bertz CT molecular complexity index is 550. The highest BCUT2D eigenvalue weighted by Gasteiger charge is 2.50. The molecule has 7 heteroatoms. The van der Waals surface area contributed by atoms with E-state index in [9.17, 15) is 9.59 Å². The van der Waals surface area contributed by atoms with E-state index in [0.29, 0.717) is 19.0 Å². The lowest BCUT2D eigenvalue weighted by Crippen LogP contribution is -2.80. The fourth-order valence-corrected chi connectivity index (χ4v) is 2.46. The Hall–Kier alpha value is -2.02. The summed E-state index contributed by atoms with van der Waals surface area (Å²) >= 11 is 0. The van der Waals surface area contributed by atoms with E-state index in [0.717, 1.165) is 22.6 Å². The smallest absolute Gasteiger partial charge is 0.385 e. The molecular weight excluding hydrogens is 272 g/mol. The Labute approximate surface area is 124 Å². The summed E-state index contributed by atoms with van der Waals surface area (Å²) < 4.78 is 5.00. The van der Waals surface area contributed by atoms with E-state index in [1.807, 2.05) is 6.92 Å². The lowest BCUT2D eigenvalue weighted by molar-refractivity contribution is -0.383. The maximum atomic E-state index is 12.4. The topological polar surface area (TPSA) is 76.2 Å². The summed E-state index contributed by atoms with van der Waals surface area (Å²) in [5.41, 5.74) is 1.63. The van der Waals surface area contributed by atoms with Gasteiger partial charge < -0.3 is 4.74 Å². The van der Waals surface area contributed by atoms with Crippen molar-refractivity contribution in [1.29, 1.82) is 0 Å². The molecule has 0 bridgehead atoms. The molecule has 1 N–H and O–H groups in total. The first-order valence-electron chi connectivity index (χ1n) is 6.88. The Balaban J connectivity index is 2.31. The summed E-state index contributed by atoms with van der Waals surface area (Å²) in [6.07, 6.45) is 2.57. The predicted octanol–water partition coefficient (Wildman–Crippen LogP) is -1.000. The highest BCUT2D eigenvalue weighted by molar-refractivity contribution is 6.31. The van der Waals surface area contributed by atoms with Crippen molar-refractivity contribution in [3.05, 3.63) is 11.8 Å². The van der Waals surface area contributed by atoms with Crippen LogP contribution in [0.4, 0.5) is 4.79 Å². The van der Waals surface area contributed by atoms with Crippen molar-refractivity contribution in [2.45, 2.75) is 13.3 Å². The number of fused-ring (bicyclic) bond motifs is 1. The van der Waals surface area contributed by atoms with E-state index in [-0.39, 0.29) is 11.9 Å². The van der Waals surface area contributed by atoms with Gasteiger partial charge in [-0.3, -0.25) is 9.79 Å². The number of amidine groups is 1. The molecule has 21 heavy (non-hydrogen) atoms. The van der Waals surface area contributed by atoms with Crippen LogP contribution in [0.25, 0.3) is 0 Å². The second kappa shape index (κ2) is 6.17. The lowest BCUT2D eigenvalue weighted by Gasteiger charge is -2.32. The molecule has 1 saturated heterocycles. The Morgan fingerprint density at radius 1 is 1.33 bits per heavy atom. The number of nitrogens with one attached hydrogen (secondary N) is 1. The van der Waals surface area contributed by atoms with Crippen LogP contribution < -0.4 is 4.99 Å². The number of carbonyl (C=O) groups is 2. The summed E-state index contributed by atoms with van der Waals surface area (Å²) in [5, 5.41) is 0. The molecule has 1 atom stereocenters. The van der Waals surface area contributed by atoms with Gasteiger partial charge in [0.25, 0.3) is 11.7 Å². The molecule has 7 nitrogen and oxygen atoms in total. The molecule has 0 aliphatic carbocycles. The quantitative estimate of drug-likeness (QED) is 0.676. The number of ether oxygens (including phenoxy) is 1. The van der Waals surface area contributed by atoms with Gasteiger partial charge in [0.2, 0.25) is 0 Å². The molecule has 0 radical (unpaired) electrons. The van der Waals surface area contributed by atoms with Crippen molar-refractivity contribution < 1.29 is 19.3 Å². The minimum atomic E-state index is -0.537. The standard InChI is InChI=1S/C14H20N4O3/c1-9-8-16-12-10(11(9)15-6-5-7-21-4)13(19)18(3)14(20)17(12)2/h8,10H,5-7H2,1-4H3/p+1. The van der Waals surface area contributed by atoms with Crippen LogP contribution in [0.5, 0.6) is 0 Å². The second-order valence-electron chi connectivity index (χ2n) is 5.14. The molecule has 0 spiro atoms. The predicted molar refractivity (Wildman–Crippen MR) is 77.9 cm³/mol. The average Bonchev–Trinajstić information content (AvgIpc) is 2.48. The number of nitrogens with zero attached hydrogens (tertiary/aromatic N) is 3. The lowest BCUT2D eigenvalue weighted by atomic mass is 9.91. The van der Waals surface area contributed by atoms with Crippen molar-refractivity contribution in [2.75, 3.05) is 34.4 Å². The summed E-state index contributed by atoms with van der Waals surface area (Å²) in [7, 11) is 4.79. The van der Waals surface area contributed by atoms with Crippen LogP contribution in [0.1, 0.15) is 13.3 Å². The summed E-state index contributed by atoms with van der Waals surface area (Å²) in [6.45, 7) is 3.13. The van der Waals surface area contributed by atoms with Crippen LogP contribution in [-0.2, 0) is 9.53 Å². The molecular formula is C14H21N4O3+. The second-order valence-corrected chi connectivity index (χ2v) is 5.14. The molecule has 1 unspecified atom stereocenters. The van der Waals surface area contributed by atoms with Gasteiger partial charge in [0.1, 0.15) is 0 Å². The molecule has 0 aromatic carbocycles. The largest absolute Gasteiger partial charge is 0.417 e. The van der Waals surface area contributed by atoms with Crippen molar-refractivity contribution >= 4 is 23.5 Å². The number of imide groups is 1. The molecule has 1 fully saturated rings. The van der Waals surface area contributed by atoms with Crippen LogP contribution in [0.15, 0.2) is 16.8 Å². The van der Waals surface area contributed by atoms with E-state index in [1.54, 1.807) is 20.4 Å². The van der Waals surface area contributed by atoms with E-state index in [4.69, 9.17) is 4.74 Å². The summed E-state index contributed by atoms with van der Waals surface area (Å²) in [6, 6.07) is -0.342. The zero-order valence-corrected chi connectivity index (χ0v) is 12.8. The first kappa shape index (κ1) is 15.4. The van der Waals surface area contributed by atoms with Crippen LogP contribution in [0.3, 0.4) is 0 Å². The number of urea groups is 1. The fraction of sp³-hybridized carbons (Fsp3) is 0.571. The van der Waals surface area contributed by atoms with E-state index in [2.05, 4.69) is 9.98 Å². The van der Waals surface area contributed by atoms with Crippen molar-refractivity contribution in [3.8, 4) is 0 Å². The maximum Gasteiger partial charge on any atom is 0.417 e. The zero-order chi connectivity index (χ0) is 15.6. The third-order valence-electron chi connectivity index (χ3n) is 3.69. The van der Waals surface area contributed by atoms with E-state index in [1.165, 1.54) is 11.9 Å². The van der Waals surface area contributed by atoms with E-state index >= 15 is 0 Å². The SMILES string of the molecule is COCCCN=C1C(C)=C[NH+]=C2C1C(=O)N(C)C(=O)N2C. The van der Waals surface area contributed by atoms with Gasteiger partial charge in [-0.2, -0.15) is 4.90 Å². The molecule has 2 aliphatic heterocycles. The molecule has 2 rings (SSSR count). The molecule has 2 aliphatic rings. The number of hydrogen-bond donors (Lipinski definition) is 1. The molecule has 0 aromatic heterocycles. The Kier molecular flexibility index (Phi) is 4.52. The molecule has 114 valence electrons. The monoisotopic (exact) mass is 293 g/mol. The van der Waals surface area contributed by atoms with Gasteiger partial charge in [0.05, 0.1) is 19.0 Å². The van der Waals surface area contributed by atoms with Gasteiger partial charge in [-0.25, -0.2) is 14.7 Å². The molecule has 0 aromatic rings. The fourth-order valence-electron chi connectivity index (χ4n) is 2.46. The van der Waals surface area contributed by atoms with E-state index < -0.39 is 5.92 Å². The van der Waals surface area contributed by atoms with Crippen molar-refractivity contribution in [2.24, 2.45) is 10.9 Å². The van der Waals surface area contributed by atoms with Gasteiger partial charge in [0.15, 0.2) is 5.92 Å². The van der Waals surface area contributed by atoms with Crippen LogP contribution in [0.2, 0.25) is 0 Å². The van der Waals surface area contributed by atoms with Gasteiger partial charge in [-0.1, -0.05) is 0 Å². The number of hydrogen-bond acceptors (Lipinski definition) is 4. The summed E-state index contributed by atoms with van der Waals surface area (Å²) in [5.74, 6) is -0.219. The minimum Gasteiger partial charge on any atom is -0.385 e. The van der Waals surface area contributed by atoms with Gasteiger partial charge >= 0.3 is 6.03 Å². The van der Waals surface area contributed by atoms with Crippen LogP contribution in [0, 0.1) is 5.92 Å². The minimum absolute atomic E-state index is 0.251. The highest BCUT2D eigenvalue weighted by atomic mass is 16.5. The first-order valence-corrected chi connectivity index (χ1v) is 6.88. The van der Waals surface area contributed by atoms with Gasteiger partial charge in [-0.05, 0) is 13.3 Å². The number of rotatable bonds is 4. The third kappa shape index (κ3) is 2.73. The number of allylic oxidation sites excluding steroid dienone is 1. The Morgan fingerprint density at radius 3 is 2.71 bits per heavy atom. The highest BCUT2D eigenvalue weighted by Crippen LogP contribution is 2.20.